The molecule has 1 fully saturated rings. The summed E-state index contributed by atoms with van der Waals surface area (Å²) in [4.78, 5) is 16.5. The van der Waals surface area contributed by atoms with E-state index in [0.717, 1.165) is 18.7 Å². The van der Waals surface area contributed by atoms with E-state index in [2.05, 4.69) is 103 Å². The molecule has 4 aromatic rings. The summed E-state index contributed by atoms with van der Waals surface area (Å²) in [5.74, 6) is 0.542. The molecule has 0 N–H and O–H groups in total. The molecular formula is C32H31NO. The van der Waals surface area contributed by atoms with Gasteiger partial charge in [-0.05, 0) is 28.5 Å². The summed E-state index contributed by atoms with van der Waals surface area (Å²) < 4.78 is 0. The average molecular weight is 446 g/mol. The zero-order valence-electron chi connectivity index (χ0n) is 19.6. The van der Waals surface area contributed by atoms with Gasteiger partial charge in [0.05, 0.1) is 0 Å². The fourth-order valence-corrected chi connectivity index (χ4v) is 5.79. The summed E-state index contributed by atoms with van der Waals surface area (Å²) in [6, 6.07) is 42.1. The largest absolute Gasteiger partial charge is 0.294 e. The summed E-state index contributed by atoms with van der Waals surface area (Å²) in [6.07, 6.45) is 0. The fraction of sp³-hybridized carbons (Fsp3) is 0.219. The molecule has 1 aliphatic heterocycles. The van der Waals surface area contributed by atoms with Gasteiger partial charge in [0.25, 0.3) is 0 Å². The first-order chi connectivity index (χ1) is 16.7. The topological polar surface area (TPSA) is 20.3 Å². The van der Waals surface area contributed by atoms with Crippen LogP contribution in [0.25, 0.3) is 0 Å². The molecule has 1 aliphatic rings. The van der Waals surface area contributed by atoms with Crippen LogP contribution in [0, 0.1) is 11.8 Å². The lowest BCUT2D eigenvalue weighted by atomic mass is 9.67. The van der Waals surface area contributed by atoms with Gasteiger partial charge in [-0.25, -0.2) is 0 Å². The summed E-state index contributed by atoms with van der Waals surface area (Å²) in [6.45, 7) is 3.88. The lowest BCUT2D eigenvalue weighted by Crippen LogP contribution is -2.48. The van der Waals surface area contributed by atoms with Gasteiger partial charge in [-0.1, -0.05) is 128 Å². The van der Waals surface area contributed by atoms with Crippen LogP contribution in [0.15, 0.2) is 121 Å². The van der Waals surface area contributed by atoms with Crippen LogP contribution in [0.5, 0.6) is 0 Å². The van der Waals surface area contributed by atoms with E-state index in [-0.39, 0.29) is 29.6 Å². The molecule has 0 radical (unpaired) electrons. The molecule has 2 heteroatoms. The van der Waals surface area contributed by atoms with Crippen LogP contribution in [0.3, 0.4) is 0 Å². The highest BCUT2D eigenvalue weighted by Crippen LogP contribution is 2.48. The molecule has 0 aliphatic carbocycles. The monoisotopic (exact) mass is 445 g/mol. The molecule has 4 atom stereocenters. The minimum Gasteiger partial charge on any atom is -0.294 e. The Morgan fingerprint density at radius 1 is 0.706 bits per heavy atom. The van der Waals surface area contributed by atoms with Crippen molar-refractivity contribution in [2.24, 2.45) is 11.8 Å². The van der Waals surface area contributed by atoms with E-state index in [1.165, 1.54) is 16.7 Å². The van der Waals surface area contributed by atoms with E-state index in [9.17, 15) is 4.79 Å². The van der Waals surface area contributed by atoms with E-state index in [1.807, 2.05) is 30.3 Å². The maximum Gasteiger partial charge on any atom is 0.167 e. The number of piperidine rings is 1. The van der Waals surface area contributed by atoms with Gasteiger partial charge in [0.2, 0.25) is 0 Å². The summed E-state index contributed by atoms with van der Waals surface area (Å²) >= 11 is 0. The van der Waals surface area contributed by atoms with Crippen molar-refractivity contribution in [3.05, 3.63) is 144 Å². The van der Waals surface area contributed by atoms with Crippen molar-refractivity contribution in [3.63, 3.8) is 0 Å². The first-order valence-corrected chi connectivity index (χ1v) is 12.2. The number of rotatable bonds is 6. The third-order valence-corrected chi connectivity index (χ3v) is 7.27. The molecule has 4 unspecified atom stereocenters. The van der Waals surface area contributed by atoms with Gasteiger partial charge in [0, 0.05) is 30.6 Å². The number of likely N-dealkylation sites (tertiary alicyclic amines) is 1. The van der Waals surface area contributed by atoms with E-state index >= 15 is 0 Å². The molecule has 2 nitrogen and oxygen atoms in total. The number of hydrogen-bond acceptors (Lipinski definition) is 2. The maximum atomic E-state index is 13.9. The number of hydrogen-bond donors (Lipinski definition) is 0. The first kappa shape index (κ1) is 22.3. The van der Waals surface area contributed by atoms with Crippen molar-refractivity contribution in [3.8, 4) is 0 Å². The standard InChI is InChI=1S/C32H31NO/c1-24-30(26-16-8-3-9-17-26)29(32(34)28-20-12-5-13-21-28)23-33(22-25-14-6-2-7-15-25)31(24)27-18-10-4-11-19-27/h2-21,24,29-31H,22-23H2,1H3. The molecule has 4 aromatic carbocycles. The number of benzene rings is 4. The molecule has 170 valence electrons. The van der Waals surface area contributed by atoms with Gasteiger partial charge >= 0.3 is 0 Å². The smallest absolute Gasteiger partial charge is 0.167 e. The summed E-state index contributed by atoms with van der Waals surface area (Å²) in [7, 11) is 0. The Bertz CT molecular complexity index is 1190. The minimum atomic E-state index is -0.108. The van der Waals surface area contributed by atoms with Gasteiger partial charge < -0.3 is 0 Å². The minimum absolute atomic E-state index is 0.108. The van der Waals surface area contributed by atoms with E-state index in [4.69, 9.17) is 0 Å². The molecule has 5 rings (SSSR count). The predicted octanol–water partition coefficient (Wildman–Crippen LogP) is 7.16. The Morgan fingerprint density at radius 2 is 1.21 bits per heavy atom. The summed E-state index contributed by atoms with van der Waals surface area (Å²) in [5.41, 5.74) is 4.65. The highest BCUT2D eigenvalue weighted by Gasteiger charge is 2.45. The SMILES string of the molecule is CC1C(c2ccccc2)C(C(=O)c2ccccc2)CN(Cc2ccccc2)C1c1ccccc1. The number of nitrogens with zero attached hydrogens (tertiary/aromatic N) is 1. The highest BCUT2D eigenvalue weighted by molar-refractivity contribution is 5.98. The van der Waals surface area contributed by atoms with Crippen LogP contribution in [0.1, 0.15) is 45.9 Å². The van der Waals surface area contributed by atoms with Gasteiger partial charge in [-0.3, -0.25) is 9.69 Å². The Kier molecular flexibility index (Phi) is 6.69. The third-order valence-electron chi connectivity index (χ3n) is 7.27. The normalized spacial score (nSPS) is 22.9. The average Bonchev–Trinajstić information content (AvgIpc) is 2.90. The van der Waals surface area contributed by atoms with E-state index < -0.39 is 0 Å². The Balaban J connectivity index is 1.59. The van der Waals surface area contributed by atoms with Crippen LogP contribution < -0.4 is 0 Å². The van der Waals surface area contributed by atoms with Crippen molar-refractivity contribution in [2.75, 3.05) is 6.54 Å². The van der Waals surface area contributed by atoms with Crippen molar-refractivity contribution >= 4 is 5.78 Å². The van der Waals surface area contributed by atoms with Gasteiger partial charge in [0.15, 0.2) is 5.78 Å². The van der Waals surface area contributed by atoms with Gasteiger partial charge in [0.1, 0.15) is 0 Å². The van der Waals surface area contributed by atoms with Crippen LogP contribution in [-0.2, 0) is 6.54 Å². The highest BCUT2D eigenvalue weighted by atomic mass is 16.1. The Labute approximate surface area is 202 Å². The molecule has 0 bridgehead atoms. The third kappa shape index (κ3) is 4.60. The zero-order valence-corrected chi connectivity index (χ0v) is 19.6. The van der Waals surface area contributed by atoms with E-state index in [0.29, 0.717) is 0 Å². The molecule has 1 heterocycles. The molecule has 1 saturated heterocycles. The van der Waals surface area contributed by atoms with Crippen LogP contribution >= 0.6 is 0 Å². The molecule has 34 heavy (non-hydrogen) atoms. The van der Waals surface area contributed by atoms with Gasteiger partial charge in [-0.2, -0.15) is 0 Å². The summed E-state index contributed by atoms with van der Waals surface area (Å²) in [5, 5.41) is 0. The number of carbonyl (C=O) groups excluding carboxylic acids is 1. The van der Waals surface area contributed by atoms with Crippen LogP contribution in [-0.4, -0.2) is 17.2 Å². The number of Topliss-reactive ketones (excluding diaryl/α,β-unsaturated/α-hetero) is 1. The van der Waals surface area contributed by atoms with Crippen molar-refractivity contribution in [1.29, 1.82) is 0 Å². The predicted molar refractivity (Wildman–Crippen MR) is 139 cm³/mol. The quantitative estimate of drug-likeness (QED) is 0.293. The molecular weight excluding hydrogens is 414 g/mol. The molecule has 0 aromatic heterocycles. The second-order valence-corrected chi connectivity index (χ2v) is 9.40. The lowest BCUT2D eigenvalue weighted by Gasteiger charge is -2.48. The number of carbonyl (C=O) groups is 1. The van der Waals surface area contributed by atoms with E-state index in [1.54, 1.807) is 0 Å². The molecule has 0 saturated carbocycles. The maximum absolute atomic E-state index is 13.9. The van der Waals surface area contributed by atoms with Gasteiger partial charge in [-0.15, -0.1) is 0 Å². The second-order valence-electron chi connectivity index (χ2n) is 9.40. The second kappa shape index (κ2) is 10.2. The Hall–Kier alpha value is -3.49. The number of ketones is 1. The molecule has 0 spiro atoms. The first-order valence-electron chi connectivity index (χ1n) is 12.2. The Morgan fingerprint density at radius 3 is 1.79 bits per heavy atom. The van der Waals surface area contributed by atoms with Crippen LogP contribution in [0.4, 0.5) is 0 Å². The zero-order chi connectivity index (χ0) is 23.3. The van der Waals surface area contributed by atoms with Crippen LogP contribution in [0.2, 0.25) is 0 Å². The van der Waals surface area contributed by atoms with Crippen molar-refractivity contribution in [2.45, 2.75) is 25.4 Å². The lowest BCUT2D eigenvalue weighted by molar-refractivity contribution is 0.0321. The fourth-order valence-electron chi connectivity index (χ4n) is 5.79. The van der Waals surface area contributed by atoms with Crippen molar-refractivity contribution < 1.29 is 4.79 Å². The van der Waals surface area contributed by atoms with Crippen molar-refractivity contribution in [1.82, 2.24) is 4.90 Å². The molecule has 0 amide bonds.